The molecule has 1 saturated heterocycles. The van der Waals surface area contributed by atoms with Crippen LogP contribution in [0.3, 0.4) is 0 Å². The van der Waals surface area contributed by atoms with E-state index in [4.69, 9.17) is 17.9 Å². The summed E-state index contributed by atoms with van der Waals surface area (Å²) in [6.07, 6.45) is 0.452. The maximum Gasteiger partial charge on any atom is 0.513 e. The topological polar surface area (TPSA) is 138 Å². The molecule has 0 amide bonds. The van der Waals surface area contributed by atoms with Crippen LogP contribution in [0.5, 0.6) is 0 Å². The Hall–Kier alpha value is 0.275. The van der Waals surface area contributed by atoms with E-state index in [0.717, 1.165) is 0 Å². The first kappa shape index (κ1) is 21.3. The highest BCUT2D eigenvalue weighted by Crippen LogP contribution is 2.83. The molecule has 0 spiro atoms. The highest BCUT2D eigenvalue weighted by Gasteiger charge is 2.54. The maximum absolute atomic E-state index is 11.5. The number of phosphoric acid groups is 1. The van der Waals surface area contributed by atoms with Gasteiger partial charge in [-0.2, -0.15) is 0 Å². The average molecular weight is 410 g/mol. The molecule has 1 heterocycles. The molecule has 134 valence electrons. The van der Waals surface area contributed by atoms with E-state index in [9.17, 15) is 23.9 Å². The Morgan fingerprint density at radius 1 is 1.26 bits per heavy atom. The molecule has 23 heavy (non-hydrogen) atoms. The molecule has 15 heteroatoms. The molecule has 1 rings (SSSR count). The van der Waals surface area contributed by atoms with Crippen molar-refractivity contribution in [3.63, 3.8) is 0 Å². The summed E-state index contributed by atoms with van der Waals surface area (Å²) in [5.41, 5.74) is 0. The minimum Gasteiger partial charge on any atom is -0.463 e. The van der Waals surface area contributed by atoms with E-state index in [2.05, 4.69) is 16.1 Å². The van der Waals surface area contributed by atoms with Crippen LogP contribution in [0.15, 0.2) is 0 Å². The number of hydrogen-bond acceptors (Lipinski definition) is 9. The minimum atomic E-state index is -4.51. The Morgan fingerprint density at radius 3 is 2.48 bits per heavy atom. The lowest BCUT2D eigenvalue weighted by atomic mass is 10.2. The molecule has 1 fully saturated rings. The summed E-state index contributed by atoms with van der Waals surface area (Å²) in [4.78, 5) is 41.4. The van der Waals surface area contributed by atoms with Crippen LogP contribution in [0.1, 0.15) is 26.2 Å². The molecule has 0 aliphatic carbocycles. The van der Waals surface area contributed by atoms with Crippen LogP contribution in [-0.4, -0.2) is 42.3 Å². The Labute approximate surface area is 139 Å². The number of esters is 1. The van der Waals surface area contributed by atoms with Gasteiger partial charge in [0.2, 0.25) is 7.57 Å². The zero-order valence-electron chi connectivity index (χ0n) is 11.4. The van der Waals surface area contributed by atoms with Crippen molar-refractivity contribution in [1.82, 2.24) is 0 Å². The van der Waals surface area contributed by atoms with Crippen LogP contribution in [0.25, 0.3) is 0 Å². The third-order valence-corrected chi connectivity index (χ3v) is 8.05. The summed E-state index contributed by atoms with van der Waals surface area (Å²) < 4.78 is 35.7. The van der Waals surface area contributed by atoms with Crippen LogP contribution in [0.4, 0.5) is 0 Å². The highest BCUT2D eigenvalue weighted by atomic mass is 32.5. The van der Waals surface area contributed by atoms with Gasteiger partial charge >= 0.3 is 20.5 Å². The number of hydrogen-bond donors (Lipinski definition) is 2. The minimum absolute atomic E-state index is 0.0229. The molecule has 0 bridgehead atoms. The Bertz CT molecular complexity index is 532. The van der Waals surface area contributed by atoms with Gasteiger partial charge in [-0.1, -0.05) is 6.92 Å². The molecular weight excluding hydrogens is 392 g/mol. The number of ketones is 1. The molecule has 2 N–H and O–H groups in total. The maximum atomic E-state index is 11.5. The Morgan fingerprint density at radius 2 is 1.91 bits per heavy atom. The second kappa shape index (κ2) is 8.58. The Kier molecular flexibility index (Phi) is 7.95. The van der Waals surface area contributed by atoms with Gasteiger partial charge in [-0.25, -0.2) is 13.4 Å². The molecule has 1 aliphatic rings. The lowest BCUT2D eigenvalue weighted by molar-refractivity contribution is -0.145. The molecule has 3 atom stereocenters. The number of rotatable bonds is 8. The summed E-state index contributed by atoms with van der Waals surface area (Å²) in [5.74, 6) is -0.594. The standard InChI is InChI=1S/C8H18BO10P3S/c1-2-7(10)3-4-8(11)15-5-6-16-20(9)17-21(12,13)19-22(14,23)18-20/h2-6H2,1,9H3,(H,12,13)(H,14,23). The lowest BCUT2D eigenvalue weighted by Gasteiger charge is -2.33. The van der Waals surface area contributed by atoms with Gasteiger partial charge in [-0.15, -0.1) is 8.62 Å². The van der Waals surface area contributed by atoms with Crippen LogP contribution >= 0.6 is 22.4 Å². The summed E-state index contributed by atoms with van der Waals surface area (Å²) in [7, 11) is -8.57. The summed E-state index contributed by atoms with van der Waals surface area (Å²) >= 11 is 4.56. The van der Waals surface area contributed by atoms with Crippen LogP contribution < -0.4 is 0 Å². The van der Waals surface area contributed by atoms with Crippen LogP contribution in [0, 0.1) is 0 Å². The SMILES string of the molecule is [BH3-][P+]1(OCCOC(=O)CCC(=O)CC)OP(=O)(O)OP(O)(=S)O1. The Balaban J connectivity index is 2.37. The normalized spacial score (nSPS) is 34.1. The molecule has 0 radical (unpaired) electrons. The number of ether oxygens (including phenoxy) is 1. The van der Waals surface area contributed by atoms with E-state index >= 15 is 0 Å². The predicted molar refractivity (Wildman–Crippen MR) is 87.9 cm³/mol. The van der Waals surface area contributed by atoms with E-state index in [0.29, 0.717) is 6.42 Å². The van der Waals surface area contributed by atoms with E-state index in [-0.39, 0.29) is 31.8 Å². The average Bonchev–Trinajstić information content (AvgIpc) is 2.36. The first-order valence-electron chi connectivity index (χ1n) is 6.00. The predicted octanol–water partition coefficient (Wildman–Crippen LogP) is 0.729. The van der Waals surface area contributed by atoms with Crippen molar-refractivity contribution in [3.8, 4) is 0 Å². The van der Waals surface area contributed by atoms with Gasteiger partial charge in [0.15, 0.2) is 0 Å². The fourth-order valence-electron chi connectivity index (χ4n) is 1.15. The van der Waals surface area contributed by atoms with Crippen molar-refractivity contribution in [2.45, 2.75) is 26.2 Å². The van der Waals surface area contributed by atoms with E-state index < -0.39 is 35.9 Å². The molecule has 0 saturated carbocycles. The lowest BCUT2D eigenvalue weighted by Crippen LogP contribution is -2.16. The van der Waals surface area contributed by atoms with Gasteiger partial charge in [-0.3, -0.25) is 9.59 Å². The zero-order valence-corrected chi connectivity index (χ0v) is 14.9. The van der Waals surface area contributed by atoms with Crippen molar-refractivity contribution in [3.05, 3.63) is 0 Å². The van der Waals surface area contributed by atoms with Crippen LogP contribution in [0.2, 0.25) is 0 Å². The van der Waals surface area contributed by atoms with Gasteiger partial charge in [0, 0.05) is 12.8 Å². The van der Waals surface area contributed by atoms with Crippen molar-refractivity contribution < 1.29 is 46.1 Å². The molecule has 10 nitrogen and oxygen atoms in total. The van der Waals surface area contributed by atoms with E-state index in [1.165, 1.54) is 0 Å². The van der Waals surface area contributed by atoms with Gasteiger partial charge in [-0.05, 0) is 11.8 Å². The van der Waals surface area contributed by atoms with Gasteiger partial charge < -0.3 is 14.5 Å². The zero-order chi connectivity index (χ0) is 17.7. The second-order valence-electron chi connectivity index (χ2n) is 3.85. The van der Waals surface area contributed by atoms with Crippen molar-refractivity contribution in [2.75, 3.05) is 13.2 Å². The fourth-order valence-corrected chi connectivity index (χ4v) is 6.55. The number of carbonyl (C=O) groups is 2. The van der Waals surface area contributed by atoms with Crippen molar-refractivity contribution >= 4 is 53.5 Å². The second-order valence-corrected chi connectivity index (χ2v) is 9.78. The van der Waals surface area contributed by atoms with E-state index in [1.807, 2.05) is 0 Å². The fraction of sp³-hybridized carbons (Fsp3) is 0.750. The molecule has 0 aromatic rings. The summed E-state index contributed by atoms with van der Waals surface area (Å²) in [5, 5.41) is 0. The van der Waals surface area contributed by atoms with Gasteiger partial charge in [0.05, 0.1) is 6.42 Å². The first-order valence-corrected chi connectivity index (χ1v) is 11.2. The number of carbonyl (C=O) groups excluding carboxylic acids is 2. The van der Waals surface area contributed by atoms with Crippen LogP contribution in [-0.2, 0) is 48.2 Å². The molecule has 1 aliphatic heterocycles. The third kappa shape index (κ3) is 8.27. The van der Waals surface area contributed by atoms with Crippen molar-refractivity contribution in [2.24, 2.45) is 0 Å². The largest absolute Gasteiger partial charge is 0.513 e. The van der Waals surface area contributed by atoms with Gasteiger partial charge in [0.25, 0.3) is 7.82 Å². The monoisotopic (exact) mass is 410 g/mol. The molecule has 3 unspecified atom stereocenters. The quantitative estimate of drug-likeness (QED) is 0.254. The first-order chi connectivity index (χ1) is 10.5. The smallest absolute Gasteiger partial charge is 0.463 e. The summed E-state index contributed by atoms with van der Waals surface area (Å²) in [6, 6.07) is 0. The summed E-state index contributed by atoms with van der Waals surface area (Å²) in [6.45, 7) is -2.48. The molecular formula is C8H18BO10P3S. The molecule has 0 aromatic carbocycles. The van der Waals surface area contributed by atoms with Gasteiger partial charge in [0.1, 0.15) is 19.0 Å². The number of Topliss-reactive ketones (excluding diaryl/α,β-unsaturated/α-hetero) is 1. The van der Waals surface area contributed by atoms with Crippen molar-refractivity contribution in [1.29, 1.82) is 0 Å². The van der Waals surface area contributed by atoms with E-state index in [1.54, 1.807) is 6.92 Å². The molecule has 0 aromatic heterocycles. The highest BCUT2D eigenvalue weighted by molar-refractivity contribution is 8.12. The third-order valence-electron chi connectivity index (χ3n) is 2.09.